The van der Waals surface area contributed by atoms with Crippen molar-refractivity contribution in [3.8, 4) is 11.5 Å². The van der Waals surface area contributed by atoms with Crippen molar-refractivity contribution < 1.29 is 19.0 Å². The second kappa shape index (κ2) is 5.84. The number of ether oxygens (including phenoxy) is 3. The van der Waals surface area contributed by atoms with Crippen molar-refractivity contribution in [2.24, 2.45) is 0 Å². The molecule has 1 aliphatic rings. The predicted octanol–water partition coefficient (Wildman–Crippen LogP) is 2.42. The van der Waals surface area contributed by atoms with E-state index in [0.717, 1.165) is 5.56 Å². The van der Waals surface area contributed by atoms with E-state index in [2.05, 4.69) is 10.1 Å². The van der Waals surface area contributed by atoms with Crippen LogP contribution in [0, 0.1) is 0 Å². The molecule has 2 aromatic heterocycles. The number of hydrogen-bond donors (Lipinski definition) is 0. The number of aromatic nitrogens is 3. The van der Waals surface area contributed by atoms with Gasteiger partial charge in [-0.3, -0.25) is 0 Å². The Morgan fingerprint density at radius 1 is 1.29 bits per heavy atom. The lowest BCUT2D eigenvalue weighted by atomic mass is 10.1. The topological polar surface area (TPSA) is 75.0 Å². The molecule has 1 atom stereocenters. The van der Waals surface area contributed by atoms with Crippen LogP contribution in [-0.2, 0) is 4.74 Å². The molecule has 0 aliphatic carbocycles. The minimum atomic E-state index is -0.467. The molecular weight excluding hydrogens is 310 g/mol. The van der Waals surface area contributed by atoms with Gasteiger partial charge < -0.3 is 14.2 Å². The van der Waals surface area contributed by atoms with Gasteiger partial charge in [0, 0.05) is 12.4 Å². The van der Waals surface area contributed by atoms with Crippen LogP contribution in [0.4, 0.5) is 0 Å². The monoisotopic (exact) mass is 325 g/mol. The van der Waals surface area contributed by atoms with Crippen molar-refractivity contribution in [2.45, 2.75) is 13.0 Å². The van der Waals surface area contributed by atoms with Crippen LogP contribution in [0.15, 0.2) is 42.9 Å². The molecule has 7 heteroatoms. The molecule has 4 rings (SSSR count). The largest absolute Gasteiger partial charge is 0.486 e. The highest BCUT2D eigenvalue weighted by molar-refractivity contribution is 5.95. The zero-order chi connectivity index (χ0) is 16.5. The van der Waals surface area contributed by atoms with E-state index in [4.69, 9.17) is 14.2 Å². The molecule has 0 amide bonds. The van der Waals surface area contributed by atoms with Crippen molar-refractivity contribution in [1.82, 2.24) is 14.6 Å². The molecule has 0 bridgehead atoms. The third-order valence-electron chi connectivity index (χ3n) is 3.82. The highest BCUT2D eigenvalue weighted by Crippen LogP contribution is 2.33. The van der Waals surface area contributed by atoms with E-state index in [1.54, 1.807) is 18.5 Å². The van der Waals surface area contributed by atoms with Gasteiger partial charge in [-0.15, -0.1) is 0 Å². The average Bonchev–Trinajstić information content (AvgIpc) is 3.05. The first kappa shape index (κ1) is 14.5. The van der Waals surface area contributed by atoms with Gasteiger partial charge >= 0.3 is 5.97 Å². The minimum absolute atomic E-state index is 0.333. The maximum absolute atomic E-state index is 12.4. The van der Waals surface area contributed by atoms with Crippen LogP contribution >= 0.6 is 0 Å². The molecule has 0 N–H and O–H groups in total. The number of fused-ring (bicyclic) bond motifs is 2. The average molecular weight is 325 g/mol. The normalized spacial score (nSPS) is 14.4. The Kier molecular flexibility index (Phi) is 3.53. The molecule has 7 nitrogen and oxygen atoms in total. The van der Waals surface area contributed by atoms with Gasteiger partial charge in [-0.05, 0) is 30.7 Å². The number of hydrogen-bond acceptors (Lipinski definition) is 6. The molecule has 24 heavy (non-hydrogen) atoms. The Hall–Kier alpha value is -3.09. The summed E-state index contributed by atoms with van der Waals surface area (Å²) in [5.74, 6) is 0.903. The van der Waals surface area contributed by atoms with Crippen molar-refractivity contribution in [1.29, 1.82) is 0 Å². The van der Waals surface area contributed by atoms with E-state index in [9.17, 15) is 4.79 Å². The first-order chi connectivity index (χ1) is 11.7. The van der Waals surface area contributed by atoms with Crippen LogP contribution < -0.4 is 9.47 Å². The van der Waals surface area contributed by atoms with Gasteiger partial charge in [-0.2, -0.15) is 5.10 Å². The van der Waals surface area contributed by atoms with Gasteiger partial charge in [-0.1, -0.05) is 6.07 Å². The number of carbonyl (C=O) groups excluding carboxylic acids is 1. The number of benzene rings is 1. The van der Waals surface area contributed by atoms with E-state index in [-0.39, 0.29) is 0 Å². The second-order valence-electron chi connectivity index (χ2n) is 5.40. The molecule has 0 spiro atoms. The highest BCUT2D eigenvalue weighted by atomic mass is 16.6. The summed E-state index contributed by atoms with van der Waals surface area (Å²) in [5.41, 5.74) is 1.63. The van der Waals surface area contributed by atoms with Gasteiger partial charge in [0.1, 0.15) is 24.9 Å². The molecule has 0 saturated carbocycles. The summed E-state index contributed by atoms with van der Waals surface area (Å²) in [6.45, 7) is 2.86. The molecule has 0 fully saturated rings. The van der Waals surface area contributed by atoms with Crippen LogP contribution in [0.5, 0.6) is 11.5 Å². The molecule has 0 unspecified atom stereocenters. The van der Waals surface area contributed by atoms with E-state index >= 15 is 0 Å². The van der Waals surface area contributed by atoms with Gasteiger partial charge in [0.2, 0.25) is 0 Å². The van der Waals surface area contributed by atoms with Gasteiger partial charge in [0.25, 0.3) is 0 Å². The Balaban J connectivity index is 1.55. The Morgan fingerprint density at radius 3 is 3.00 bits per heavy atom. The lowest BCUT2D eigenvalue weighted by molar-refractivity contribution is 0.0339. The fourth-order valence-electron chi connectivity index (χ4n) is 2.58. The quantitative estimate of drug-likeness (QED) is 0.689. The fourth-order valence-corrected chi connectivity index (χ4v) is 2.58. The summed E-state index contributed by atoms with van der Waals surface area (Å²) >= 11 is 0. The lowest BCUT2D eigenvalue weighted by Gasteiger charge is -2.20. The maximum atomic E-state index is 12.4. The molecule has 0 radical (unpaired) electrons. The molecule has 1 aromatic carbocycles. The minimum Gasteiger partial charge on any atom is -0.486 e. The van der Waals surface area contributed by atoms with Crippen molar-refractivity contribution in [3.63, 3.8) is 0 Å². The first-order valence-corrected chi connectivity index (χ1v) is 7.61. The summed E-state index contributed by atoms with van der Waals surface area (Å²) in [4.78, 5) is 16.6. The summed E-state index contributed by atoms with van der Waals surface area (Å²) < 4.78 is 18.1. The molecular formula is C17H15N3O4. The van der Waals surface area contributed by atoms with E-state index in [0.29, 0.717) is 35.9 Å². The molecule has 1 aliphatic heterocycles. The summed E-state index contributed by atoms with van der Waals surface area (Å²) in [5, 5.41) is 4.09. The fraction of sp³-hybridized carbons (Fsp3) is 0.235. The SMILES string of the molecule is C[C@H](OC(=O)c1cnn2cccnc12)c1ccc2c(c1)OCCO2. The Bertz CT molecular complexity index is 906. The standard InChI is InChI=1S/C17H15N3O4/c1-11(12-3-4-14-15(9-12)23-8-7-22-14)24-17(21)13-10-19-20-6-2-5-18-16(13)20/h2-6,9-11H,7-8H2,1H3/t11-/m0/s1. The van der Waals surface area contributed by atoms with Crippen LogP contribution in [-0.4, -0.2) is 33.8 Å². The zero-order valence-corrected chi connectivity index (χ0v) is 13.0. The zero-order valence-electron chi connectivity index (χ0n) is 13.0. The summed E-state index contributed by atoms with van der Waals surface area (Å²) in [6.07, 6.45) is 4.36. The van der Waals surface area contributed by atoms with Crippen LogP contribution in [0.25, 0.3) is 5.65 Å². The molecule has 0 saturated heterocycles. The summed E-state index contributed by atoms with van der Waals surface area (Å²) in [7, 11) is 0. The molecule has 3 aromatic rings. The van der Waals surface area contributed by atoms with Crippen molar-refractivity contribution in [3.05, 3.63) is 54.0 Å². The predicted molar refractivity (Wildman–Crippen MR) is 84.2 cm³/mol. The van der Waals surface area contributed by atoms with Gasteiger partial charge in [0.05, 0.1) is 6.20 Å². The van der Waals surface area contributed by atoms with E-state index < -0.39 is 12.1 Å². The molecule has 3 heterocycles. The number of rotatable bonds is 3. The van der Waals surface area contributed by atoms with Crippen LogP contribution in [0.3, 0.4) is 0 Å². The third-order valence-corrected chi connectivity index (χ3v) is 3.82. The van der Waals surface area contributed by atoms with Gasteiger partial charge in [0.15, 0.2) is 17.1 Å². The first-order valence-electron chi connectivity index (χ1n) is 7.61. The second-order valence-corrected chi connectivity index (χ2v) is 5.40. The number of nitrogens with zero attached hydrogens (tertiary/aromatic N) is 3. The summed E-state index contributed by atoms with van der Waals surface area (Å²) in [6, 6.07) is 7.26. The third kappa shape index (κ3) is 2.54. The van der Waals surface area contributed by atoms with E-state index in [1.807, 2.05) is 25.1 Å². The molecule has 122 valence electrons. The maximum Gasteiger partial charge on any atom is 0.344 e. The van der Waals surface area contributed by atoms with E-state index in [1.165, 1.54) is 10.7 Å². The number of esters is 1. The lowest BCUT2D eigenvalue weighted by Crippen LogP contribution is -2.16. The smallest absolute Gasteiger partial charge is 0.344 e. The van der Waals surface area contributed by atoms with Crippen molar-refractivity contribution >= 4 is 11.6 Å². The Labute approximate surface area is 137 Å². The Morgan fingerprint density at radius 2 is 2.12 bits per heavy atom. The van der Waals surface area contributed by atoms with Crippen LogP contribution in [0.1, 0.15) is 28.9 Å². The van der Waals surface area contributed by atoms with Crippen LogP contribution in [0.2, 0.25) is 0 Å². The van der Waals surface area contributed by atoms with Crippen molar-refractivity contribution in [2.75, 3.05) is 13.2 Å². The number of carbonyl (C=O) groups is 1. The van der Waals surface area contributed by atoms with Gasteiger partial charge in [-0.25, -0.2) is 14.3 Å². The highest BCUT2D eigenvalue weighted by Gasteiger charge is 2.20.